The van der Waals surface area contributed by atoms with Crippen molar-refractivity contribution >= 4 is 65.8 Å². The Hall–Kier alpha value is -6.24. The Balaban J connectivity index is 1.40. The number of fused-ring (bicyclic) bond motifs is 7. The number of nitriles is 2. The quantitative estimate of drug-likeness (QED) is 0.235. The zero-order chi connectivity index (χ0) is 28.2. The number of benzene rings is 6. The zero-order valence-corrected chi connectivity index (χ0v) is 22.3. The molecule has 0 radical (unpaired) electrons. The molecule has 0 amide bonds. The van der Waals surface area contributed by atoms with E-state index in [4.69, 9.17) is 0 Å². The second-order valence-corrected chi connectivity index (χ2v) is 10.2. The van der Waals surface area contributed by atoms with E-state index in [1.165, 1.54) is 0 Å². The molecule has 6 heteroatoms. The van der Waals surface area contributed by atoms with Gasteiger partial charge in [-0.3, -0.25) is 20.2 Å². The van der Waals surface area contributed by atoms with Crippen LogP contribution in [0.2, 0.25) is 0 Å². The van der Waals surface area contributed by atoms with E-state index in [1.807, 2.05) is 82.1 Å². The molecule has 0 unspecified atom stereocenters. The van der Waals surface area contributed by atoms with Crippen molar-refractivity contribution in [2.24, 2.45) is 0 Å². The molecule has 2 N–H and O–H groups in total. The highest BCUT2D eigenvalue weighted by atomic mass is 15.4. The molecule has 8 aromatic rings. The van der Waals surface area contributed by atoms with E-state index in [1.54, 1.807) is 0 Å². The fraction of sp³-hybridized carbons (Fsp3) is 0. The SMILES string of the molecule is N#Cc1c(C#N)c(Nn2c3ccccc3c3ccccc32)c2ccccc2c1Nn1c2ccccc2c2ccccc21. The van der Waals surface area contributed by atoms with E-state index in [0.29, 0.717) is 11.4 Å². The predicted octanol–water partition coefficient (Wildman–Crippen LogP) is 8.55. The van der Waals surface area contributed by atoms with Crippen LogP contribution in [0.15, 0.2) is 121 Å². The molecule has 0 saturated carbocycles. The summed E-state index contributed by atoms with van der Waals surface area (Å²) in [7, 11) is 0. The number of nitrogens with one attached hydrogen (secondary N) is 2. The molecule has 0 aliphatic rings. The van der Waals surface area contributed by atoms with Crippen LogP contribution in [0.1, 0.15) is 11.1 Å². The lowest BCUT2D eigenvalue weighted by molar-refractivity contribution is 1.05. The summed E-state index contributed by atoms with van der Waals surface area (Å²) in [4.78, 5) is 0. The summed E-state index contributed by atoms with van der Waals surface area (Å²) in [5.74, 6) is 0. The number of nitrogens with zero attached hydrogens (tertiary/aromatic N) is 4. The van der Waals surface area contributed by atoms with Gasteiger partial charge in [0.2, 0.25) is 0 Å². The molecule has 0 aliphatic heterocycles. The summed E-state index contributed by atoms with van der Waals surface area (Å²) >= 11 is 0. The van der Waals surface area contributed by atoms with Crippen LogP contribution >= 0.6 is 0 Å². The van der Waals surface area contributed by atoms with Gasteiger partial charge in [0.15, 0.2) is 0 Å². The molecule has 0 bridgehead atoms. The van der Waals surface area contributed by atoms with Crippen molar-refractivity contribution < 1.29 is 0 Å². The van der Waals surface area contributed by atoms with Crippen molar-refractivity contribution in [1.29, 1.82) is 10.5 Å². The molecular formula is C36H22N6. The van der Waals surface area contributed by atoms with Gasteiger partial charge < -0.3 is 0 Å². The van der Waals surface area contributed by atoms with Crippen LogP contribution < -0.4 is 10.9 Å². The highest BCUT2D eigenvalue weighted by Crippen LogP contribution is 2.40. The fourth-order valence-corrected chi connectivity index (χ4v) is 6.20. The Labute approximate surface area is 240 Å². The average Bonchev–Trinajstić information content (AvgIpc) is 3.54. The van der Waals surface area contributed by atoms with E-state index in [2.05, 4.69) is 71.5 Å². The smallest absolute Gasteiger partial charge is 0.103 e. The summed E-state index contributed by atoms with van der Waals surface area (Å²) in [6, 6.07) is 45.3. The van der Waals surface area contributed by atoms with Gasteiger partial charge in [-0.25, -0.2) is 0 Å². The molecule has 0 fully saturated rings. The molecule has 0 atom stereocenters. The Kier molecular flexibility index (Phi) is 5.15. The van der Waals surface area contributed by atoms with Crippen LogP contribution in [-0.4, -0.2) is 9.35 Å². The van der Waals surface area contributed by atoms with E-state index < -0.39 is 0 Å². The van der Waals surface area contributed by atoms with E-state index in [-0.39, 0.29) is 11.1 Å². The summed E-state index contributed by atoms with van der Waals surface area (Å²) < 4.78 is 4.02. The van der Waals surface area contributed by atoms with Crippen molar-refractivity contribution in [3.05, 3.63) is 132 Å². The Bertz CT molecular complexity index is 2170. The fourth-order valence-electron chi connectivity index (χ4n) is 6.20. The second kappa shape index (κ2) is 9.16. The van der Waals surface area contributed by atoms with Gasteiger partial charge in [0.05, 0.1) is 44.6 Å². The highest BCUT2D eigenvalue weighted by Gasteiger charge is 2.22. The molecule has 2 heterocycles. The predicted molar refractivity (Wildman–Crippen MR) is 170 cm³/mol. The molecule has 6 aromatic carbocycles. The van der Waals surface area contributed by atoms with E-state index in [9.17, 15) is 10.5 Å². The summed E-state index contributed by atoms with van der Waals surface area (Å²) in [5, 5.41) is 27.2. The lowest BCUT2D eigenvalue weighted by Gasteiger charge is -2.20. The molecule has 42 heavy (non-hydrogen) atoms. The first-order chi connectivity index (χ1) is 20.8. The van der Waals surface area contributed by atoms with Gasteiger partial charge in [0, 0.05) is 32.3 Å². The van der Waals surface area contributed by atoms with Crippen LogP contribution in [0.3, 0.4) is 0 Å². The van der Waals surface area contributed by atoms with Gasteiger partial charge in [0.1, 0.15) is 12.1 Å². The Morgan fingerprint density at radius 1 is 0.381 bits per heavy atom. The molecule has 0 spiro atoms. The van der Waals surface area contributed by atoms with Crippen molar-refractivity contribution in [3.63, 3.8) is 0 Å². The first-order valence-corrected chi connectivity index (χ1v) is 13.7. The first-order valence-electron chi connectivity index (χ1n) is 13.7. The Morgan fingerprint density at radius 3 is 0.929 bits per heavy atom. The lowest BCUT2D eigenvalue weighted by atomic mass is 9.97. The van der Waals surface area contributed by atoms with E-state index in [0.717, 1.165) is 54.4 Å². The summed E-state index contributed by atoms with van der Waals surface area (Å²) in [6.45, 7) is 0. The van der Waals surface area contributed by atoms with Crippen LogP contribution in [0.4, 0.5) is 11.4 Å². The van der Waals surface area contributed by atoms with Gasteiger partial charge in [-0.15, -0.1) is 0 Å². The standard InChI is InChI=1S/C36H22N6/c37-21-29-30(22-38)36(40-42-33-19-9-5-13-25(33)26-14-6-10-20-34(26)42)28-16-2-1-15-27(28)35(29)39-41-31-17-7-3-11-23(31)24-12-4-8-18-32(24)41/h1-20,39-40H. The minimum atomic E-state index is 0.279. The van der Waals surface area contributed by atoms with Gasteiger partial charge in [-0.1, -0.05) is 97.1 Å². The minimum absolute atomic E-state index is 0.279. The second-order valence-electron chi connectivity index (χ2n) is 10.2. The van der Waals surface area contributed by atoms with Crippen LogP contribution in [0, 0.1) is 22.7 Å². The Morgan fingerprint density at radius 2 is 0.643 bits per heavy atom. The van der Waals surface area contributed by atoms with Crippen molar-refractivity contribution in [2.45, 2.75) is 0 Å². The largest absolute Gasteiger partial charge is 0.292 e. The van der Waals surface area contributed by atoms with Crippen LogP contribution in [-0.2, 0) is 0 Å². The molecule has 0 saturated heterocycles. The zero-order valence-electron chi connectivity index (χ0n) is 22.3. The average molecular weight is 539 g/mol. The maximum absolute atomic E-state index is 10.6. The number of hydrogen-bond acceptors (Lipinski definition) is 4. The molecule has 196 valence electrons. The third-order valence-electron chi connectivity index (χ3n) is 8.05. The van der Waals surface area contributed by atoms with Crippen LogP contribution in [0.5, 0.6) is 0 Å². The van der Waals surface area contributed by atoms with Crippen molar-refractivity contribution in [3.8, 4) is 12.1 Å². The minimum Gasteiger partial charge on any atom is -0.292 e. The maximum atomic E-state index is 10.6. The van der Waals surface area contributed by atoms with Crippen LogP contribution in [0.25, 0.3) is 54.4 Å². The van der Waals surface area contributed by atoms with Gasteiger partial charge >= 0.3 is 0 Å². The summed E-state index contributed by atoms with van der Waals surface area (Å²) in [5.41, 5.74) is 12.8. The number of para-hydroxylation sites is 4. The number of hydrogen-bond donors (Lipinski definition) is 2. The first kappa shape index (κ1) is 23.6. The van der Waals surface area contributed by atoms with Crippen molar-refractivity contribution in [2.75, 3.05) is 10.9 Å². The number of rotatable bonds is 4. The maximum Gasteiger partial charge on any atom is 0.103 e. The van der Waals surface area contributed by atoms with Gasteiger partial charge in [0.25, 0.3) is 0 Å². The molecule has 0 aliphatic carbocycles. The normalized spacial score (nSPS) is 11.3. The number of anilines is 2. The van der Waals surface area contributed by atoms with Gasteiger partial charge in [-0.05, 0) is 24.3 Å². The third kappa shape index (κ3) is 3.30. The van der Waals surface area contributed by atoms with E-state index >= 15 is 0 Å². The molecule has 6 nitrogen and oxygen atoms in total. The highest BCUT2D eigenvalue weighted by molar-refractivity contribution is 6.12. The lowest BCUT2D eigenvalue weighted by Crippen LogP contribution is -2.14. The molecule has 8 rings (SSSR count). The topological polar surface area (TPSA) is 81.5 Å². The monoisotopic (exact) mass is 538 g/mol. The van der Waals surface area contributed by atoms with Crippen molar-refractivity contribution in [1.82, 2.24) is 9.35 Å². The molecular weight excluding hydrogens is 516 g/mol. The third-order valence-corrected chi connectivity index (χ3v) is 8.05. The number of aromatic nitrogens is 2. The molecule has 2 aromatic heterocycles. The van der Waals surface area contributed by atoms with Gasteiger partial charge in [-0.2, -0.15) is 10.5 Å². The summed E-state index contributed by atoms with van der Waals surface area (Å²) in [6.07, 6.45) is 0.